The Kier molecular flexibility index (Phi) is 4.96. The lowest BCUT2D eigenvalue weighted by Gasteiger charge is -2.17. The number of amides is 1. The van der Waals surface area contributed by atoms with Gasteiger partial charge in [0.2, 0.25) is 6.41 Å². The lowest BCUT2D eigenvalue weighted by Crippen LogP contribution is -2.39. The molecule has 0 rings (SSSR count). The molecule has 1 atom stereocenters. The number of esters is 1. The predicted molar refractivity (Wildman–Crippen MR) is 40.2 cm³/mol. The van der Waals surface area contributed by atoms with E-state index in [0.29, 0.717) is 0 Å². The van der Waals surface area contributed by atoms with Gasteiger partial charge in [0.15, 0.2) is 5.92 Å². The van der Waals surface area contributed by atoms with E-state index in [1.807, 2.05) is 0 Å². The molecule has 1 unspecified atom stereocenters. The molecule has 0 spiro atoms. The van der Waals surface area contributed by atoms with Gasteiger partial charge in [-0.15, -0.1) is 0 Å². The minimum Gasteiger partial charge on any atom is -0.465 e. The summed E-state index contributed by atoms with van der Waals surface area (Å²) in [7, 11) is 0. The van der Waals surface area contributed by atoms with Gasteiger partial charge in [0.25, 0.3) is 0 Å². The van der Waals surface area contributed by atoms with Crippen molar-refractivity contribution < 1.29 is 27.5 Å². The van der Waals surface area contributed by atoms with Gasteiger partial charge in [-0.3, -0.25) is 9.59 Å². The Hall–Kier alpha value is -1.27. The first-order valence-electron chi connectivity index (χ1n) is 3.83. The lowest BCUT2D eigenvalue weighted by molar-refractivity contribution is -0.196. The molecule has 14 heavy (non-hydrogen) atoms. The Balaban J connectivity index is 4.38. The van der Waals surface area contributed by atoms with Crippen LogP contribution in [0.5, 0.6) is 0 Å². The van der Waals surface area contributed by atoms with Gasteiger partial charge < -0.3 is 10.1 Å². The summed E-state index contributed by atoms with van der Waals surface area (Å²) in [5.41, 5.74) is 0. The van der Waals surface area contributed by atoms with E-state index in [1.165, 1.54) is 6.92 Å². The number of hydrogen-bond donors (Lipinski definition) is 1. The summed E-state index contributed by atoms with van der Waals surface area (Å²) in [5, 5.41) is 1.79. The van der Waals surface area contributed by atoms with Crippen LogP contribution in [0.15, 0.2) is 0 Å². The molecule has 1 N–H and O–H groups in total. The van der Waals surface area contributed by atoms with Crippen molar-refractivity contribution in [3.05, 3.63) is 0 Å². The molecular formula is C7H10F3NO3. The van der Waals surface area contributed by atoms with Crippen molar-refractivity contribution in [2.45, 2.75) is 13.1 Å². The van der Waals surface area contributed by atoms with Gasteiger partial charge in [-0.2, -0.15) is 13.2 Å². The third-order valence-electron chi connectivity index (χ3n) is 1.37. The van der Waals surface area contributed by atoms with E-state index in [1.54, 1.807) is 5.32 Å². The van der Waals surface area contributed by atoms with Gasteiger partial charge in [0.1, 0.15) is 0 Å². The first kappa shape index (κ1) is 12.7. The third-order valence-corrected chi connectivity index (χ3v) is 1.37. The molecule has 0 aliphatic carbocycles. The van der Waals surface area contributed by atoms with Gasteiger partial charge in [-0.1, -0.05) is 0 Å². The van der Waals surface area contributed by atoms with E-state index in [0.717, 1.165) is 0 Å². The van der Waals surface area contributed by atoms with Gasteiger partial charge in [-0.25, -0.2) is 0 Å². The minimum absolute atomic E-state index is 0.0952. The van der Waals surface area contributed by atoms with Crippen molar-refractivity contribution in [2.24, 2.45) is 5.92 Å². The van der Waals surface area contributed by atoms with Crippen molar-refractivity contribution in [3.63, 3.8) is 0 Å². The minimum atomic E-state index is -4.71. The van der Waals surface area contributed by atoms with Crippen molar-refractivity contribution >= 4 is 12.4 Å². The van der Waals surface area contributed by atoms with Crippen LogP contribution in [0.4, 0.5) is 13.2 Å². The van der Waals surface area contributed by atoms with Crippen molar-refractivity contribution in [3.8, 4) is 0 Å². The Morgan fingerprint density at radius 2 is 2.14 bits per heavy atom. The third kappa shape index (κ3) is 4.11. The molecule has 4 nitrogen and oxygen atoms in total. The zero-order valence-corrected chi connectivity index (χ0v) is 7.43. The fourth-order valence-corrected chi connectivity index (χ4v) is 0.742. The van der Waals surface area contributed by atoms with Crippen LogP contribution in [-0.4, -0.2) is 31.7 Å². The Labute approximate surface area is 78.4 Å². The van der Waals surface area contributed by atoms with Gasteiger partial charge in [-0.05, 0) is 6.92 Å². The molecule has 1 amide bonds. The van der Waals surface area contributed by atoms with E-state index in [2.05, 4.69) is 4.74 Å². The van der Waals surface area contributed by atoms with Crippen LogP contribution in [0.25, 0.3) is 0 Å². The normalized spacial score (nSPS) is 13.1. The van der Waals surface area contributed by atoms with Crippen LogP contribution in [0.2, 0.25) is 0 Å². The maximum absolute atomic E-state index is 12.2. The SMILES string of the molecule is CCOC(=O)C(CNC=O)C(F)(F)F. The standard InChI is InChI=1S/C7H10F3NO3/c1-2-14-6(13)5(3-11-4-12)7(8,9)10/h4-5H,2-3H2,1H3,(H,11,12). The Morgan fingerprint density at radius 3 is 2.50 bits per heavy atom. The smallest absolute Gasteiger partial charge is 0.403 e. The highest BCUT2D eigenvalue weighted by atomic mass is 19.4. The van der Waals surface area contributed by atoms with Gasteiger partial charge in [0.05, 0.1) is 6.61 Å². The summed E-state index contributed by atoms with van der Waals surface area (Å²) in [4.78, 5) is 20.6. The fourth-order valence-electron chi connectivity index (χ4n) is 0.742. The second-order valence-corrected chi connectivity index (χ2v) is 2.37. The largest absolute Gasteiger partial charge is 0.465 e. The zero-order chi connectivity index (χ0) is 11.2. The Bertz CT molecular complexity index is 205. The van der Waals surface area contributed by atoms with Crippen LogP contribution in [0.3, 0.4) is 0 Å². The number of nitrogens with one attached hydrogen (secondary N) is 1. The topological polar surface area (TPSA) is 55.4 Å². The number of alkyl halides is 3. The number of halogens is 3. The monoisotopic (exact) mass is 213 g/mol. The molecule has 0 aliphatic rings. The van der Waals surface area contributed by atoms with Crippen molar-refractivity contribution in [1.82, 2.24) is 5.32 Å². The molecule has 0 heterocycles. The molecule has 0 aromatic heterocycles. The molecule has 0 radical (unpaired) electrons. The molecule has 0 fully saturated rings. The number of hydrogen-bond acceptors (Lipinski definition) is 3. The summed E-state index contributed by atoms with van der Waals surface area (Å²) in [6.07, 6.45) is -4.61. The summed E-state index contributed by atoms with van der Waals surface area (Å²) in [6.45, 7) is 0.469. The summed E-state index contributed by atoms with van der Waals surface area (Å²) in [5.74, 6) is -3.68. The molecule has 0 bridgehead atoms. The zero-order valence-electron chi connectivity index (χ0n) is 7.43. The van der Waals surface area contributed by atoms with Crippen LogP contribution < -0.4 is 5.32 Å². The molecule has 0 aromatic carbocycles. The first-order valence-corrected chi connectivity index (χ1v) is 3.83. The summed E-state index contributed by atoms with van der Waals surface area (Å²) < 4.78 is 40.7. The summed E-state index contributed by atoms with van der Waals surface area (Å²) in [6, 6.07) is 0. The maximum Gasteiger partial charge on any atom is 0.403 e. The number of rotatable bonds is 5. The van der Waals surface area contributed by atoms with E-state index < -0.39 is 24.6 Å². The number of carbonyl (C=O) groups is 2. The lowest BCUT2D eigenvalue weighted by atomic mass is 10.1. The van der Waals surface area contributed by atoms with E-state index in [-0.39, 0.29) is 13.0 Å². The van der Waals surface area contributed by atoms with Crippen LogP contribution in [-0.2, 0) is 14.3 Å². The van der Waals surface area contributed by atoms with Crippen LogP contribution in [0, 0.1) is 5.92 Å². The number of ether oxygens (including phenoxy) is 1. The molecule has 82 valence electrons. The number of carbonyl (C=O) groups excluding carboxylic acids is 2. The van der Waals surface area contributed by atoms with E-state index in [9.17, 15) is 22.8 Å². The molecular weight excluding hydrogens is 203 g/mol. The molecule has 0 aromatic rings. The molecule has 0 saturated carbocycles. The quantitative estimate of drug-likeness (QED) is 0.533. The van der Waals surface area contributed by atoms with E-state index in [4.69, 9.17) is 0 Å². The predicted octanol–water partition coefficient (Wildman–Crippen LogP) is 0.474. The molecule has 0 saturated heterocycles. The van der Waals surface area contributed by atoms with Gasteiger partial charge in [0, 0.05) is 6.54 Å². The van der Waals surface area contributed by atoms with Crippen molar-refractivity contribution in [1.29, 1.82) is 0 Å². The van der Waals surface area contributed by atoms with Crippen molar-refractivity contribution in [2.75, 3.05) is 13.2 Å². The van der Waals surface area contributed by atoms with Crippen LogP contribution in [0.1, 0.15) is 6.92 Å². The Morgan fingerprint density at radius 1 is 1.57 bits per heavy atom. The second-order valence-electron chi connectivity index (χ2n) is 2.37. The van der Waals surface area contributed by atoms with Crippen LogP contribution >= 0.6 is 0 Å². The average Bonchev–Trinajstić information content (AvgIpc) is 2.03. The molecule has 0 aliphatic heterocycles. The highest BCUT2D eigenvalue weighted by Gasteiger charge is 2.45. The maximum atomic E-state index is 12.2. The van der Waals surface area contributed by atoms with Gasteiger partial charge >= 0.3 is 12.1 Å². The second kappa shape index (κ2) is 5.46. The molecule has 7 heteroatoms. The average molecular weight is 213 g/mol. The fraction of sp³-hybridized carbons (Fsp3) is 0.714. The first-order chi connectivity index (χ1) is 6.43. The summed E-state index contributed by atoms with van der Waals surface area (Å²) >= 11 is 0. The highest BCUT2D eigenvalue weighted by molar-refractivity contribution is 5.74. The highest BCUT2D eigenvalue weighted by Crippen LogP contribution is 2.26. The van der Waals surface area contributed by atoms with E-state index >= 15 is 0 Å².